The molecule has 0 heterocycles. The highest BCUT2D eigenvalue weighted by Gasteiger charge is 2.37. The van der Waals surface area contributed by atoms with Crippen molar-refractivity contribution in [1.29, 1.82) is 0 Å². The zero-order chi connectivity index (χ0) is 33.1. The lowest BCUT2D eigenvalue weighted by Gasteiger charge is -2.35. The number of nitrogens with zero attached hydrogens (tertiary/aromatic N) is 1. The van der Waals surface area contributed by atoms with E-state index in [4.69, 9.17) is 9.47 Å². The van der Waals surface area contributed by atoms with E-state index in [2.05, 4.69) is 17.6 Å². The van der Waals surface area contributed by atoms with E-state index < -0.39 is 29.7 Å². The number of aromatic hydroxyl groups is 1. The van der Waals surface area contributed by atoms with Gasteiger partial charge in [-0.1, -0.05) is 55.7 Å². The number of alkyl carbamates (subject to hydrolysis) is 1. The average Bonchev–Trinajstić information content (AvgIpc) is 2.98. The molecule has 0 bridgehead atoms. The molecule has 0 radical (unpaired) electrons. The van der Waals surface area contributed by atoms with E-state index in [-0.39, 0.29) is 18.1 Å². The number of methoxy groups -OCH3 is 1. The van der Waals surface area contributed by atoms with Crippen LogP contribution in [0.15, 0.2) is 66.7 Å². The third kappa shape index (κ3) is 10.6. The zero-order valence-electron chi connectivity index (χ0n) is 27.5. The molecular weight excluding hydrogens is 570 g/mol. The van der Waals surface area contributed by atoms with Crippen molar-refractivity contribution in [2.24, 2.45) is 0 Å². The summed E-state index contributed by atoms with van der Waals surface area (Å²) < 4.78 is 10.8. The van der Waals surface area contributed by atoms with Gasteiger partial charge in [-0.05, 0) is 94.1 Å². The summed E-state index contributed by atoms with van der Waals surface area (Å²) in [6.45, 7) is 11.5. The van der Waals surface area contributed by atoms with Gasteiger partial charge in [0.25, 0.3) is 5.91 Å². The minimum atomic E-state index is -1.05. The van der Waals surface area contributed by atoms with Crippen molar-refractivity contribution in [3.8, 4) is 11.5 Å². The molecule has 2 atom stereocenters. The van der Waals surface area contributed by atoms with Gasteiger partial charge in [-0.25, -0.2) is 4.79 Å². The molecule has 0 aliphatic carbocycles. The van der Waals surface area contributed by atoms with E-state index >= 15 is 0 Å². The van der Waals surface area contributed by atoms with Crippen molar-refractivity contribution in [1.82, 2.24) is 10.2 Å². The van der Waals surface area contributed by atoms with Gasteiger partial charge in [-0.3, -0.25) is 9.59 Å². The van der Waals surface area contributed by atoms with Gasteiger partial charge >= 0.3 is 6.09 Å². The number of carbonyl (C=O) groups excluding carboxylic acids is 3. The molecule has 0 spiro atoms. The molecule has 0 saturated carbocycles. The van der Waals surface area contributed by atoms with Gasteiger partial charge in [0.2, 0.25) is 5.91 Å². The number of nitrogens with one attached hydrogen (secondary N) is 2. The second-order valence-corrected chi connectivity index (χ2v) is 12.3. The number of hydrogen-bond acceptors (Lipinski definition) is 6. The standard InChI is InChI=1S/C36H47N3O6/c1-8-9-10-21-39(34(42)31(38-35(43)45-36(4,5)6)23-26-13-17-28(40)18-14-26)32(30-22-24(2)11-12-25(30)3)33(41)37-27-15-19-29(44-7)20-16-27/h11-20,22,31-32,40H,8-10,21,23H2,1-7H3,(H,37,41)(H,38,43). The first kappa shape index (κ1) is 35.0. The smallest absolute Gasteiger partial charge is 0.408 e. The molecule has 242 valence electrons. The van der Waals surface area contributed by atoms with E-state index in [1.165, 1.54) is 12.1 Å². The summed E-state index contributed by atoms with van der Waals surface area (Å²) in [5.41, 5.74) is 3.01. The van der Waals surface area contributed by atoms with Crippen LogP contribution >= 0.6 is 0 Å². The molecule has 9 nitrogen and oxygen atoms in total. The summed E-state index contributed by atoms with van der Waals surface area (Å²) in [5, 5.41) is 15.6. The zero-order valence-corrected chi connectivity index (χ0v) is 27.5. The third-order valence-corrected chi connectivity index (χ3v) is 7.30. The minimum Gasteiger partial charge on any atom is -0.508 e. The second-order valence-electron chi connectivity index (χ2n) is 12.3. The summed E-state index contributed by atoms with van der Waals surface area (Å²) >= 11 is 0. The SMILES string of the molecule is CCCCCN(C(=O)C(Cc1ccc(O)cc1)NC(=O)OC(C)(C)C)C(C(=O)Nc1ccc(OC)cc1)c1cc(C)ccc1C. The van der Waals surface area contributed by atoms with Crippen molar-refractivity contribution in [3.05, 3.63) is 89.0 Å². The summed E-state index contributed by atoms with van der Waals surface area (Å²) in [7, 11) is 1.57. The van der Waals surface area contributed by atoms with Crippen LogP contribution in [0, 0.1) is 13.8 Å². The number of unbranched alkanes of at least 4 members (excludes halogenated alkanes) is 2. The maximum atomic E-state index is 14.7. The molecule has 0 aromatic heterocycles. The first-order valence-electron chi connectivity index (χ1n) is 15.4. The van der Waals surface area contributed by atoms with Crippen LogP contribution in [0.5, 0.6) is 11.5 Å². The predicted octanol–water partition coefficient (Wildman–Crippen LogP) is 6.85. The van der Waals surface area contributed by atoms with Gasteiger partial charge in [0.15, 0.2) is 0 Å². The number of amides is 3. The van der Waals surface area contributed by atoms with E-state index in [9.17, 15) is 19.5 Å². The van der Waals surface area contributed by atoms with E-state index in [1.807, 2.05) is 32.0 Å². The number of ether oxygens (including phenoxy) is 2. The number of carbonyl (C=O) groups is 3. The predicted molar refractivity (Wildman–Crippen MR) is 176 cm³/mol. The highest BCUT2D eigenvalue weighted by atomic mass is 16.6. The topological polar surface area (TPSA) is 117 Å². The molecule has 3 aromatic carbocycles. The molecule has 3 N–H and O–H groups in total. The minimum absolute atomic E-state index is 0.0908. The third-order valence-electron chi connectivity index (χ3n) is 7.30. The van der Waals surface area contributed by atoms with Crippen LogP contribution in [0.25, 0.3) is 0 Å². The molecule has 2 unspecified atom stereocenters. The monoisotopic (exact) mass is 617 g/mol. The number of phenols is 1. The Labute approximate surface area is 266 Å². The van der Waals surface area contributed by atoms with E-state index in [0.717, 1.165) is 29.5 Å². The Bertz CT molecular complexity index is 1430. The summed E-state index contributed by atoms with van der Waals surface area (Å²) in [4.78, 5) is 43.5. The van der Waals surface area contributed by atoms with Gasteiger partial charge in [0.05, 0.1) is 7.11 Å². The van der Waals surface area contributed by atoms with Crippen molar-refractivity contribution < 1.29 is 29.0 Å². The largest absolute Gasteiger partial charge is 0.508 e. The second kappa shape index (κ2) is 16.0. The van der Waals surface area contributed by atoms with Crippen LogP contribution in [0.3, 0.4) is 0 Å². The van der Waals surface area contributed by atoms with Crippen LogP contribution in [0.4, 0.5) is 10.5 Å². The molecule has 0 aliphatic rings. The fraction of sp³-hybridized carbons (Fsp3) is 0.417. The quantitative estimate of drug-likeness (QED) is 0.181. The summed E-state index contributed by atoms with van der Waals surface area (Å²) in [5.74, 6) is -0.0472. The lowest BCUT2D eigenvalue weighted by atomic mass is 9.95. The highest BCUT2D eigenvalue weighted by molar-refractivity contribution is 5.99. The highest BCUT2D eigenvalue weighted by Crippen LogP contribution is 2.29. The van der Waals surface area contributed by atoms with E-state index in [1.54, 1.807) is 69.2 Å². The molecular formula is C36H47N3O6. The Hall–Kier alpha value is -4.53. The van der Waals surface area contributed by atoms with Crippen LogP contribution in [-0.2, 0) is 20.7 Å². The van der Waals surface area contributed by atoms with Crippen LogP contribution in [0.1, 0.15) is 75.3 Å². The number of aryl methyl sites for hydroxylation is 2. The Balaban J connectivity index is 2.10. The Morgan fingerprint density at radius 2 is 1.60 bits per heavy atom. The normalized spacial score (nSPS) is 12.5. The van der Waals surface area contributed by atoms with Crippen LogP contribution < -0.4 is 15.4 Å². The lowest BCUT2D eigenvalue weighted by molar-refractivity contribution is -0.140. The number of hydrogen-bond donors (Lipinski definition) is 3. The number of phenolic OH excluding ortho intramolecular Hbond substituents is 1. The van der Waals surface area contributed by atoms with Gasteiger partial charge in [0, 0.05) is 18.7 Å². The molecule has 45 heavy (non-hydrogen) atoms. The van der Waals surface area contributed by atoms with E-state index in [0.29, 0.717) is 30.0 Å². The fourth-order valence-corrected chi connectivity index (χ4v) is 5.01. The van der Waals surface area contributed by atoms with Gasteiger partial charge in [0.1, 0.15) is 29.2 Å². The lowest BCUT2D eigenvalue weighted by Crippen LogP contribution is -2.53. The van der Waals surface area contributed by atoms with Crippen molar-refractivity contribution in [2.45, 2.75) is 84.9 Å². The Morgan fingerprint density at radius 3 is 2.20 bits per heavy atom. The van der Waals surface area contributed by atoms with Crippen molar-refractivity contribution in [2.75, 3.05) is 19.0 Å². The van der Waals surface area contributed by atoms with Crippen LogP contribution in [0.2, 0.25) is 0 Å². The average molecular weight is 618 g/mol. The molecule has 0 saturated heterocycles. The van der Waals surface area contributed by atoms with Crippen LogP contribution in [-0.4, -0.2) is 53.2 Å². The number of anilines is 1. The van der Waals surface area contributed by atoms with Gasteiger partial charge in [-0.15, -0.1) is 0 Å². The fourth-order valence-electron chi connectivity index (χ4n) is 5.01. The van der Waals surface area contributed by atoms with Gasteiger partial charge in [-0.2, -0.15) is 0 Å². The van der Waals surface area contributed by atoms with Gasteiger partial charge < -0.3 is 30.1 Å². The Morgan fingerprint density at radius 1 is 0.933 bits per heavy atom. The van der Waals surface area contributed by atoms with Crippen molar-refractivity contribution >= 4 is 23.6 Å². The summed E-state index contributed by atoms with van der Waals surface area (Å²) in [6, 6.07) is 17.3. The molecule has 0 aliphatic heterocycles. The summed E-state index contributed by atoms with van der Waals surface area (Å²) in [6.07, 6.45) is 1.83. The number of rotatable bonds is 13. The first-order chi connectivity index (χ1) is 21.3. The molecule has 3 amide bonds. The molecule has 3 aromatic rings. The Kier molecular flexibility index (Phi) is 12.4. The van der Waals surface area contributed by atoms with Crippen molar-refractivity contribution in [3.63, 3.8) is 0 Å². The maximum absolute atomic E-state index is 14.7. The molecule has 9 heteroatoms. The molecule has 0 fully saturated rings. The number of benzene rings is 3. The maximum Gasteiger partial charge on any atom is 0.408 e. The first-order valence-corrected chi connectivity index (χ1v) is 15.4. The molecule has 3 rings (SSSR count).